The predicted molar refractivity (Wildman–Crippen MR) is 217 cm³/mol. The summed E-state index contributed by atoms with van der Waals surface area (Å²) < 4.78 is 77.7. The summed E-state index contributed by atoms with van der Waals surface area (Å²) >= 11 is 6.32. The largest absolute Gasteiger partial charge is 0.697 e. The topological polar surface area (TPSA) is 360 Å². The van der Waals surface area contributed by atoms with Crippen LogP contribution < -0.4 is 20.4 Å². The van der Waals surface area contributed by atoms with Gasteiger partial charge in [-0.2, -0.15) is 16.8 Å². The highest BCUT2D eigenvalue weighted by Crippen LogP contribution is 2.38. The van der Waals surface area contributed by atoms with Gasteiger partial charge in [0.25, 0.3) is 54.8 Å². The Morgan fingerprint density at radius 3 is 1.27 bits per heavy atom. The first-order chi connectivity index (χ1) is 28.0. The summed E-state index contributed by atoms with van der Waals surface area (Å²) in [5.74, 6) is -2.14. The van der Waals surface area contributed by atoms with Crippen LogP contribution in [0.5, 0.6) is 0 Å². The molecular weight excluding hydrogens is 1010 g/mol. The van der Waals surface area contributed by atoms with Crippen molar-refractivity contribution in [2.24, 2.45) is 0 Å². The fourth-order valence-corrected chi connectivity index (χ4v) is 7.14. The lowest BCUT2D eigenvalue weighted by molar-refractivity contribution is -0.394. The highest BCUT2D eigenvalue weighted by Gasteiger charge is 2.33. The van der Waals surface area contributed by atoms with E-state index in [1.54, 1.807) is 0 Å². The number of carbonyl (C=O) groups excluding carboxylic acids is 2. The number of alkyl halides is 2. The Morgan fingerprint density at radius 2 is 0.983 bits per heavy atom. The number of anilines is 2. The molecule has 0 aliphatic rings. The molecule has 2 aromatic carbocycles. The standard InChI is InChI=1S/C28H35Br2N8O19PS2/c1-59(50,51)56-13-9-33(7-3-29)25-21(15-19(35(41)42)17-23(25)37(45)46)27(39)31-5-11-54-58(49)55-12-6-32-28(40)22-16-20(36(43)44)18-24(38(47)48)26(22)34(8-4-30)10-14-57-60(2,52)53/h15-18H,3-14H2,1-2H3,(H-,31,32,39,40)/p+1. The molecule has 0 saturated carbocycles. The minimum Gasteiger partial charge on any atom is -0.362 e. The second-order valence-electron chi connectivity index (χ2n) is 11.6. The van der Waals surface area contributed by atoms with Crippen molar-refractivity contribution in [1.82, 2.24) is 10.6 Å². The number of non-ortho nitro benzene ring substituents is 2. The lowest BCUT2D eigenvalue weighted by Crippen LogP contribution is -2.34. The van der Waals surface area contributed by atoms with Crippen LogP contribution in [0.1, 0.15) is 20.7 Å². The van der Waals surface area contributed by atoms with Gasteiger partial charge in [0.15, 0.2) is 0 Å². The van der Waals surface area contributed by atoms with Crippen molar-refractivity contribution in [3.8, 4) is 0 Å². The fraction of sp³-hybridized carbons (Fsp3) is 0.500. The monoisotopic (exact) mass is 1040 g/mol. The summed E-state index contributed by atoms with van der Waals surface area (Å²) in [6.07, 6.45) is 1.55. The van der Waals surface area contributed by atoms with Crippen LogP contribution in [0.3, 0.4) is 0 Å². The maximum absolute atomic E-state index is 13.3. The maximum atomic E-state index is 13.3. The number of benzene rings is 2. The predicted octanol–water partition coefficient (Wildman–Crippen LogP) is 2.52. The lowest BCUT2D eigenvalue weighted by Gasteiger charge is -2.25. The molecule has 0 spiro atoms. The average molecular weight is 1040 g/mol. The van der Waals surface area contributed by atoms with Crippen LogP contribution in [0.25, 0.3) is 0 Å². The number of nitrogens with zero attached hydrogens (tertiary/aromatic N) is 6. The molecule has 0 aliphatic heterocycles. The Balaban J connectivity index is 2.16. The number of halogens is 2. The fourth-order valence-electron chi connectivity index (χ4n) is 4.98. The summed E-state index contributed by atoms with van der Waals surface area (Å²) in [6, 6.07) is 2.81. The quantitative estimate of drug-likeness (QED) is 0.0309. The third-order valence-corrected chi connectivity index (χ3v) is 9.97. The summed E-state index contributed by atoms with van der Waals surface area (Å²) in [5, 5.41) is 52.1. The number of hydrogen-bond donors (Lipinski definition) is 2. The second kappa shape index (κ2) is 24.0. The molecule has 0 atom stereocenters. The normalized spacial score (nSPS) is 11.4. The van der Waals surface area contributed by atoms with Gasteiger partial charge in [-0.3, -0.25) is 58.4 Å². The van der Waals surface area contributed by atoms with E-state index < -0.39 is 133 Å². The molecule has 2 N–H and O–H groups in total. The number of rotatable bonds is 28. The Kier molecular flexibility index (Phi) is 20.6. The van der Waals surface area contributed by atoms with Crippen molar-refractivity contribution in [3.63, 3.8) is 0 Å². The van der Waals surface area contributed by atoms with Crippen LogP contribution in [0.15, 0.2) is 24.3 Å². The Labute approximate surface area is 358 Å². The van der Waals surface area contributed by atoms with Gasteiger partial charge in [-0.05, 0) is 0 Å². The van der Waals surface area contributed by atoms with Gasteiger partial charge in [0.1, 0.15) is 24.6 Å². The lowest BCUT2D eigenvalue weighted by atomic mass is 10.1. The maximum Gasteiger partial charge on any atom is 0.697 e. The molecule has 0 aliphatic carbocycles. The van der Waals surface area contributed by atoms with Crippen LogP contribution in [0.2, 0.25) is 0 Å². The molecule has 0 radical (unpaired) electrons. The molecule has 0 unspecified atom stereocenters. The molecule has 0 bridgehead atoms. The SMILES string of the molecule is CS(=O)(=O)OCCN(CCBr)c1c(C(=O)NCCO[P+](=O)OCCNC(=O)c2cc([N+](=O)[O-])cc([N+](=O)[O-])c2N(CCBr)CCOS(C)(=O)=O)cc([N+](=O)[O-])cc1[N+](=O)[O-]. The number of hydrogen-bond acceptors (Lipinski definition) is 21. The van der Waals surface area contributed by atoms with Crippen LogP contribution >= 0.6 is 40.1 Å². The molecule has 2 amide bonds. The first-order valence-electron chi connectivity index (χ1n) is 16.5. The molecule has 0 aromatic heterocycles. The van der Waals surface area contributed by atoms with E-state index in [2.05, 4.69) is 42.5 Å². The van der Waals surface area contributed by atoms with E-state index in [0.29, 0.717) is 12.1 Å². The van der Waals surface area contributed by atoms with E-state index in [-0.39, 0.29) is 48.2 Å². The van der Waals surface area contributed by atoms with Gasteiger partial charge in [-0.25, -0.2) is 0 Å². The molecule has 60 heavy (non-hydrogen) atoms. The zero-order valence-corrected chi connectivity index (χ0v) is 37.0. The number of nitro groups is 4. The Bertz CT molecular complexity index is 2040. The zero-order chi connectivity index (χ0) is 45.4. The van der Waals surface area contributed by atoms with Crippen LogP contribution in [-0.4, -0.2) is 137 Å². The molecule has 27 nitrogen and oxygen atoms in total. The summed E-state index contributed by atoms with van der Waals surface area (Å²) in [6.45, 7) is -3.57. The third-order valence-electron chi connectivity index (χ3n) is 7.28. The van der Waals surface area contributed by atoms with Gasteiger partial charge in [0, 0.05) is 66.6 Å². The highest BCUT2D eigenvalue weighted by molar-refractivity contribution is 9.09. The van der Waals surface area contributed by atoms with Crippen LogP contribution in [-0.2, 0) is 42.2 Å². The first kappa shape index (κ1) is 51.5. The number of carbonyl (C=O) groups is 2. The minimum atomic E-state index is -3.92. The first-order valence-corrected chi connectivity index (χ1v) is 23.5. The summed E-state index contributed by atoms with van der Waals surface area (Å²) in [7, 11) is -10.8. The van der Waals surface area contributed by atoms with Gasteiger partial charge in [0.05, 0.1) is 68.7 Å². The average Bonchev–Trinajstić information content (AvgIpc) is 3.15. The van der Waals surface area contributed by atoms with Crippen molar-refractivity contribution >= 4 is 106 Å². The molecule has 0 fully saturated rings. The smallest absolute Gasteiger partial charge is 0.362 e. The Morgan fingerprint density at radius 1 is 0.633 bits per heavy atom. The van der Waals surface area contributed by atoms with E-state index in [4.69, 9.17) is 17.4 Å². The second-order valence-corrected chi connectivity index (χ2v) is 17.4. The molecule has 2 aromatic rings. The van der Waals surface area contributed by atoms with Gasteiger partial charge < -0.3 is 20.4 Å². The number of nitro benzene ring substituents is 4. The third kappa shape index (κ3) is 16.8. The van der Waals surface area contributed by atoms with Gasteiger partial charge in [-0.15, -0.1) is 9.05 Å². The Hall–Kier alpha value is -4.62. The van der Waals surface area contributed by atoms with Gasteiger partial charge in [0.2, 0.25) is 0 Å². The molecule has 0 heterocycles. The number of amides is 2. The molecule has 0 saturated heterocycles. The van der Waals surface area contributed by atoms with Crippen LogP contribution in [0, 0.1) is 40.5 Å². The van der Waals surface area contributed by atoms with Crippen molar-refractivity contribution < 1.29 is 68.1 Å². The van der Waals surface area contributed by atoms with E-state index in [1.165, 1.54) is 9.80 Å². The summed E-state index contributed by atoms with van der Waals surface area (Å²) in [5.41, 5.74) is -5.16. The molecule has 32 heteroatoms. The van der Waals surface area contributed by atoms with Crippen molar-refractivity contribution in [1.29, 1.82) is 0 Å². The zero-order valence-electron chi connectivity index (χ0n) is 31.3. The van der Waals surface area contributed by atoms with Crippen molar-refractivity contribution in [2.75, 3.05) is 98.7 Å². The summed E-state index contributed by atoms with van der Waals surface area (Å²) in [4.78, 5) is 72.3. The van der Waals surface area contributed by atoms with Gasteiger partial charge >= 0.3 is 8.25 Å². The van der Waals surface area contributed by atoms with Crippen molar-refractivity contribution in [2.45, 2.75) is 0 Å². The van der Waals surface area contributed by atoms with Gasteiger partial charge in [-0.1, -0.05) is 31.9 Å². The van der Waals surface area contributed by atoms with E-state index >= 15 is 0 Å². The molecular formula is C28H36Br2N8O19PS2+. The van der Waals surface area contributed by atoms with E-state index in [9.17, 15) is 71.4 Å². The molecule has 332 valence electrons. The van der Waals surface area contributed by atoms with E-state index in [0.717, 1.165) is 24.6 Å². The van der Waals surface area contributed by atoms with E-state index in [1.807, 2.05) is 0 Å². The molecule has 2 rings (SSSR count). The van der Waals surface area contributed by atoms with Crippen LogP contribution in [0.4, 0.5) is 34.1 Å². The van der Waals surface area contributed by atoms with Crippen molar-refractivity contribution in [3.05, 3.63) is 75.8 Å². The minimum absolute atomic E-state index is 0.0435. The highest BCUT2D eigenvalue weighted by atomic mass is 79.9. The number of nitrogens with one attached hydrogen (secondary N) is 2.